The number of nitrogens with zero attached hydrogens (tertiary/aromatic N) is 3. The molecule has 1 unspecified atom stereocenters. The lowest BCUT2D eigenvalue weighted by Crippen LogP contribution is -2.13. The second kappa shape index (κ2) is 8.59. The van der Waals surface area contributed by atoms with E-state index in [4.69, 9.17) is 10.00 Å². The van der Waals surface area contributed by atoms with Crippen molar-refractivity contribution in [3.8, 4) is 6.07 Å². The minimum Gasteiger partial charge on any atom is -0.461 e. The van der Waals surface area contributed by atoms with Crippen LogP contribution in [0.4, 0.5) is 11.4 Å². The molecule has 0 bridgehead atoms. The van der Waals surface area contributed by atoms with Gasteiger partial charge in [-0.3, -0.25) is 4.79 Å². The van der Waals surface area contributed by atoms with Gasteiger partial charge in [0.05, 0.1) is 28.9 Å². The fourth-order valence-corrected chi connectivity index (χ4v) is 1.84. The summed E-state index contributed by atoms with van der Waals surface area (Å²) in [5, 5.41) is 17.0. The third-order valence-electron chi connectivity index (χ3n) is 3.61. The highest BCUT2D eigenvalue weighted by Crippen LogP contribution is 2.19. The summed E-state index contributed by atoms with van der Waals surface area (Å²) in [6, 6.07) is 16.3. The molecule has 0 spiro atoms. The molecule has 2 aromatic rings. The van der Waals surface area contributed by atoms with E-state index in [-0.39, 0.29) is 18.5 Å². The van der Waals surface area contributed by atoms with E-state index >= 15 is 0 Å². The molecule has 0 aromatic heterocycles. The van der Waals surface area contributed by atoms with E-state index in [0.717, 1.165) is 12.0 Å². The average molecular weight is 321 g/mol. The van der Waals surface area contributed by atoms with Gasteiger partial charge in [0.25, 0.3) is 0 Å². The van der Waals surface area contributed by atoms with Crippen molar-refractivity contribution in [2.45, 2.75) is 26.9 Å². The monoisotopic (exact) mass is 321 g/mol. The van der Waals surface area contributed by atoms with Crippen LogP contribution in [0.3, 0.4) is 0 Å². The first-order valence-corrected chi connectivity index (χ1v) is 7.80. The van der Waals surface area contributed by atoms with Crippen LogP contribution in [0, 0.1) is 17.2 Å². The molecule has 0 radical (unpaired) electrons. The lowest BCUT2D eigenvalue weighted by Gasteiger charge is -2.09. The fraction of sp³-hybridized carbons (Fsp3) is 0.263. The van der Waals surface area contributed by atoms with E-state index in [2.05, 4.69) is 16.3 Å². The molecular weight excluding hydrogens is 302 g/mol. The van der Waals surface area contributed by atoms with Crippen molar-refractivity contribution >= 4 is 17.3 Å². The molecule has 2 aromatic carbocycles. The normalized spacial score (nSPS) is 11.9. The molecule has 0 N–H and O–H groups in total. The number of hydrogen-bond donors (Lipinski definition) is 0. The zero-order valence-corrected chi connectivity index (χ0v) is 13.8. The Balaban J connectivity index is 1.92. The molecule has 0 aliphatic carbocycles. The Labute approximate surface area is 141 Å². The van der Waals surface area contributed by atoms with Crippen molar-refractivity contribution in [3.63, 3.8) is 0 Å². The summed E-state index contributed by atoms with van der Waals surface area (Å²) in [5.74, 6) is -0.257. The summed E-state index contributed by atoms with van der Waals surface area (Å²) in [6.07, 6.45) is 0.771. The van der Waals surface area contributed by atoms with E-state index in [1.165, 1.54) is 0 Å². The van der Waals surface area contributed by atoms with Crippen LogP contribution in [0.15, 0.2) is 58.8 Å². The summed E-state index contributed by atoms with van der Waals surface area (Å²) in [6.45, 7) is 4.07. The van der Waals surface area contributed by atoms with Gasteiger partial charge in [-0.2, -0.15) is 15.5 Å². The van der Waals surface area contributed by atoms with Gasteiger partial charge in [0.15, 0.2) is 0 Å². The molecular formula is C19H19N3O2. The largest absolute Gasteiger partial charge is 0.461 e. The topological polar surface area (TPSA) is 74.8 Å². The number of rotatable bonds is 6. The number of nitriles is 1. The average Bonchev–Trinajstić information content (AvgIpc) is 2.65. The van der Waals surface area contributed by atoms with Crippen molar-refractivity contribution in [2.24, 2.45) is 16.1 Å². The fourth-order valence-electron chi connectivity index (χ4n) is 1.84. The highest BCUT2D eigenvalue weighted by atomic mass is 16.5. The quantitative estimate of drug-likeness (QED) is 0.551. The summed E-state index contributed by atoms with van der Waals surface area (Å²) >= 11 is 0. The minimum atomic E-state index is -0.179. The Hall–Kier alpha value is -3.00. The van der Waals surface area contributed by atoms with Crippen molar-refractivity contribution in [1.29, 1.82) is 5.26 Å². The number of ether oxygens (including phenoxy) is 1. The van der Waals surface area contributed by atoms with Crippen LogP contribution in [0.25, 0.3) is 0 Å². The van der Waals surface area contributed by atoms with Gasteiger partial charge in [-0.15, -0.1) is 0 Å². The minimum absolute atomic E-state index is 0.0782. The molecule has 0 heterocycles. The zero-order chi connectivity index (χ0) is 17.4. The Morgan fingerprint density at radius 3 is 2.12 bits per heavy atom. The maximum atomic E-state index is 11.6. The molecule has 122 valence electrons. The summed E-state index contributed by atoms with van der Waals surface area (Å²) < 4.78 is 5.25. The zero-order valence-electron chi connectivity index (χ0n) is 13.8. The molecule has 0 aliphatic heterocycles. The first-order chi connectivity index (χ1) is 11.6. The Kier molecular flexibility index (Phi) is 6.21. The van der Waals surface area contributed by atoms with E-state index in [1.54, 1.807) is 24.3 Å². The maximum absolute atomic E-state index is 11.6. The molecule has 5 nitrogen and oxygen atoms in total. The van der Waals surface area contributed by atoms with E-state index in [1.807, 2.05) is 38.1 Å². The number of esters is 1. The number of azo groups is 1. The SMILES string of the molecule is CCC(C)C(=O)OCc1ccc(N=Nc2ccc(C#N)cc2)cc1. The molecule has 0 fully saturated rings. The van der Waals surface area contributed by atoms with Crippen LogP contribution in [-0.2, 0) is 16.1 Å². The van der Waals surface area contributed by atoms with E-state index in [9.17, 15) is 4.79 Å². The standard InChI is InChI=1S/C19H19N3O2/c1-3-14(2)19(23)24-13-16-6-10-18(11-7-16)22-21-17-8-4-15(12-20)5-9-17/h4-11,14H,3,13H2,1-2H3. The lowest BCUT2D eigenvalue weighted by molar-refractivity contribution is -0.149. The van der Waals surface area contributed by atoms with Crippen LogP contribution in [0.2, 0.25) is 0 Å². The number of carbonyl (C=O) groups is 1. The van der Waals surface area contributed by atoms with Gasteiger partial charge in [-0.05, 0) is 48.4 Å². The van der Waals surface area contributed by atoms with Crippen LogP contribution in [0.5, 0.6) is 0 Å². The van der Waals surface area contributed by atoms with Crippen LogP contribution >= 0.6 is 0 Å². The molecule has 0 saturated heterocycles. The maximum Gasteiger partial charge on any atom is 0.308 e. The number of carbonyl (C=O) groups excluding carboxylic acids is 1. The number of hydrogen-bond acceptors (Lipinski definition) is 5. The first-order valence-electron chi connectivity index (χ1n) is 7.80. The van der Waals surface area contributed by atoms with Crippen LogP contribution < -0.4 is 0 Å². The Bertz CT molecular complexity index is 744. The summed E-state index contributed by atoms with van der Waals surface area (Å²) in [4.78, 5) is 11.6. The highest BCUT2D eigenvalue weighted by Gasteiger charge is 2.11. The third-order valence-corrected chi connectivity index (χ3v) is 3.61. The predicted octanol–water partition coefficient (Wildman–Crippen LogP) is 5.06. The molecule has 24 heavy (non-hydrogen) atoms. The second-order valence-electron chi connectivity index (χ2n) is 5.44. The Morgan fingerprint density at radius 2 is 1.62 bits per heavy atom. The molecule has 2 rings (SSSR count). The summed E-state index contributed by atoms with van der Waals surface area (Å²) in [7, 11) is 0. The molecule has 1 atom stereocenters. The van der Waals surface area contributed by atoms with Gasteiger partial charge >= 0.3 is 5.97 Å². The van der Waals surface area contributed by atoms with Gasteiger partial charge in [0, 0.05) is 0 Å². The lowest BCUT2D eigenvalue weighted by atomic mass is 10.1. The van der Waals surface area contributed by atoms with Crippen molar-refractivity contribution in [1.82, 2.24) is 0 Å². The van der Waals surface area contributed by atoms with Crippen LogP contribution in [0.1, 0.15) is 31.4 Å². The summed E-state index contributed by atoms with van der Waals surface area (Å²) in [5.41, 5.74) is 2.88. The second-order valence-corrected chi connectivity index (χ2v) is 5.44. The third kappa shape index (κ3) is 5.03. The first kappa shape index (κ1) is 17.4. The van der Waals surface area contributed by atoms with Gasteiger partial charge in [0.2, 0.25) is 0 Å². The van der Waals surface area contributed by atoms with Crippen molar-refractivity contribution < 1.29 is 9.53 Å². The highest BCUT2D eigenvalue weighted by molar-refractivity contribution is 5.71. The van der Waals surface area contributed by atoms with Crippen molar-refractivity contribution in [2.75, 3.05) is 0 Å². The van der Waals surface area contributed by atoms with Crippen LogP contribution in [-0.4, -0.2) is 5.97 Å². The Morgan fingerprint density at radius 1 is 1.08 bits per heavy atom. The number of benzene rings is 2. The van der Waals surface area contributed by atoms with E-state index in [0.29, 0.717) is 16.9 Å². The van der Waals surface area contributed by atoms with E-state index < -0.39 is 0 Å². The molecule has 5 heteroatoms. The smallest absolute Gasteiger partial charge is 0.308 e. The van der Waals surface area contributed by atoms with Gasteiger partial charge in [-0.25, -0.2) is 0 Å². The van der Waals surface area contributed by atoms with Gasteiger partial charge in [-0.1, -0.05) is 26.0 Å². The predicted molar refractivity (Wildman–Crippen MR) is 91.0 cm³/mol. The molecule has 0 saturated carbocycles. The molecule has 0 aliphatic rings. The van der Waals surface area contributed by atoms with Gasteiger partial charge in [0.1, 0.15) is 6.61 Å². The molecule has 0 amide bonds. The van der Waals surface area contributed by atoms with Crippen molar-refractivity contribution in [3.05, 3.63) is 59.7 Å². The van der Waals surface area contributed by atoms with Gasteiger partial charge < -0.3 is 4.74 Å².